The molecule has 0 unspecified atom stereocenters. The Morgan fingerprint density at radius 2 is 1.11 bits per heavy atom. The van der Waals surface area contributed by atoms with Gasteiger partial charge in [0, 0.05) is 6.21 Å². The average molecular weight is 403 g/mol. The molecule has 0 aliphatic carbocycles. The fraction of sp³-hybridized carbons (Fsp3) is 0.409. The van der Waals surface area contributed by atoms with Crippen molar-refractivity contribution < 1.29 is 26.8 Å². The molecule has 1 N–H and O–H groups in total. The molecule has 0 aliphatic rings. The van der Waals surface area contributed by atoms with E-state index in [1.807, 2.05) is 32.2 Å². The van der Waals surface area contributed by atoms with Crippen LogP contribution in [-0.2, 0) is 21.7 Å². The quantitative estimate of drug-likeness (QED) is 0.491. The molecule has 0 fully saturated rings. The van der Waals surface area contributed by atoms with Crippen LogP contribution in [0.25, 0.3) is 10.6 Å². The van der Waals surface area contributed by atoms with Gasteiger partial charge >= 0.3 is 21.7 Å². The van der Waals surface area contributed by atoms with E-state index in [1.165, 1.54) is 16.7 Å². The summed E-state index contributed by atoms with van der Waals surface area (Å²) in [5.41, 5.74) is 7.37. The van der Waals surface area contributed by atoms with E-state index in [9.17, 15) is 5.11 Å². The van der Waals surface area contributed by atoms with Crippen LogP contribution in [0.2, 0.25) is 0 Å². The number of aryl methyl sites for hydroxylation is 5. The minimum atomic E-state index is 0. The molecule has 0 amide bonds. The van der Waals surface area contributed by atoms with Crippen molar-refractivity contribution in [3.63, 3.8) is 0 Å². The first kappa shape index (κ1) is 27.8. The largest absolute Gasteiger partial charge is 2.00 e. The van der Waals surface area contributed by atoms with Crippen molar-refractivity contribution in [1.82, 2.24) is 0 Å². The second kappa shape index (κ2) is 14.6. The Kier molecular flexibility index (Phi) is 15.0. The van der Waals surface area contributed by atoms with Gasteiger partial charge in [-0.1, -0.05) is 23.8 Å². The molecule has 0 saturated heterocycles. The number of aromatic hydroxyl groups is 1. The normalized spacial score (nSPS) is 9.67. The van der Waals surface area contributed by atoms with Crippen LogP contribution in [0.1, 0.15) is 33.4 Å². The number of phenols is 1. The van der Waals surface area contributed by atoms with Gasteiger partial charge in [-0.05, 0) is 68.5 Å². The molecule has 146 valence electrons. The molecule has 0 radical (unpaired) electrons. The van der Waals surface area contributed by atoms with Crippen molar-refractivity contribution in [1.29, 1.82) is 0 Å². The molecule has 0 bridgehead atoms. The summed E-state index contributed by atoms with van der Waals surface area (Å²) >= 11 is 0. The monoisotopic (exact) mass is 403 g/mol. The summed E-state index contributed by atoms with van der Waals surface area (Å²) in [6.07, 6.45) is 1.85. The van der Waals surface area contributed by atoms with Crippen LogP contribution in [-0.4, -0.2) is 39.5 Å². The topological polar surface area (TPSA) is 60.8 Å². The maximum absolute atomic E-state index is 10.1. The van der Waals surface area contributed by atoms with Crippen LogP contribution >= 0.6 is 0 Å². The van der Waals surface area contributed by atoms with Crippen LogP contribution in [0.5, 0.6) is 5.75 Å². The van der Waals surface area contributed by atoms with Crippen LogP contribution in [0.4, 0.5) is 5.69 Å². The van der Waals surface area contributed by atoms with Crippen LogP contribution in [0.15, 0.2) is 29.3 Å². The molecule has 0 saturated carbocycles. The first-order valence-electron chi connectivity index (χ1n) is 8.59. The van der Waals surface area contributed by atoms with Gasteiger partial charge in [0.05, 0.1) is 0 Å². The molecular weight excluding hydrogens is 370 g/mol. The van der Waals surface area contributed by atoms with Gasteiger partial charge in [-0.15, -0.1) is 0 Å². The van der Waals surface area contributed by atoms with E-state index in [4.69, 9.17) is 0 Å². The van der Waals surface area contributed by atoms with Crippen LogP contribution in [0, 0.1) is 34.6 Å². The third-order valence-electron chi connectivity index (χ3n) is 3.50. The Bertz CT molecular complexity index is 703. The van der Waals surface area contributed by atoms with E-state index in [1.54, 1.807) is 28.2 Å². The number of nitrogens with zero attached hydrogens (tertiary/aromatic N) is 3. The Labute approximate surface area is 180 Å². The maximum atomic E-state index is 10.1. The van der Waals surface area contributed by atoms with Gasteiger partial charge in [-0.25, -0.2) is 0 Å². The van der Waals surface area contributed by atoms with E-state index >= 15 is 0 Å². The zero-order chi connectivity index (χ0) is 20.3. The Hall–Kier alpha value is -1.46. The smallest absolute Gasteiger partial charge is 0.668 e. The average Bonchev–Trinajstić information content (AvgIpc) is 2.52. The van der Waals surface area contributed by atoms with E-state index in [2.05, 4.69) is 48.5 Å². The molecule has 0 aliphatic heterocycles. The van der Waals surface area contributed by atoms with Crippen molar-refractivity contribution in [2.75, 3.05) is 28.2 Å². The van der Waals surface area contributed by atoms with Crippen molar-refractivity contribution >= 4 is 11.9 Å². The van der Waals surface area contributed by atoms with Gasteiger partial charge in [0.1, 0.15) is 11.4 Å². The third-order valence-corrected chi connectivity index (χ3v) is 3.50. The Morgan fingerprint density at radius 1 is 0.741 bits per heavy atom. The van der Waals surface area contributed by atoms with Gasteiger partial charge in [0.2, 0.25) is 0 Å². The fourth-order valence-corrected chi connectivity index (χ4v) is 2.56. The number of hydrogen-bond donors (Lipinski definition) is 1. The molecule has 0 aromatic heterocycles. The molecule has 5 heteroatoms. The van der Waals surface area contributed by atoms with Crippen molar-refractivity contribution in [2.24, 2.45) is 4.99 Å². The summed E-state index contributed by atoms with van der Waals surface area (Å²) in [6.45, 7) is 10.2. The zero-order valence-electron chi connectivity index (χ0n) is 18.2. The molecule has 2 aromatic rings. The molecule has 0 atom stereocenters. The molecule has 4 nitrogen and oxygen atoms in total. The van der Waals surface area contributed by atoms with Crippen molar-refractivity contribution in [3.05, 3.63) is 68.3 Å². The van der Waals surface area contributed by atoms with E-state index in [0.717, 1.165) is 16.7 Å². The first-order chi connectivity index (χ1) is 12.2. The minimum absolute atomic E-state index is 0. The van der Waals surface area contributed by atoms with Gasteiger partial charge < -0.3 is 15.7 Å². The number of hydrogen-bond acceptors (Lipinski definition) is 2. The number of phenolic OH excluding ortho intramolecular Hbond substituents is 1. The fourth-order valence-electron chi connectivity index (χ4n) is 2.56. The number of rotatable bonds is 2. The third kappa shape index (κ3) is 9.87. The first-order valence-corrected chi connectivity index (χ1v) is 8.59. The maximum Gasteiger partial charge on any atom is 2.00 e. The molecular formula is C22H33N3OTi. The number of benzene rings is 2. The van der Waals surface area contributed by atoms with Crippen molar-refractivity contribution in [2.45, 2.75) is 34.6 Å². The standard InChI is InChI=1S/C18H21NO.2C2H6N.Ti/c1-11-6-13(3)16(14(4)7-11)10-19-17-9-12(2)8-15(5)18(17)20;2*1-3-2;/h6-10,20H,1-5H3;2*1-2H3;/q;2*-1;+2. The molecule has 2 rings (SSSR count). The van der Waals surface area contributed by atoms with E-state index < -0.39 is 0 Å². The van der Waals surface area contributed by atoms with Gasteiger partial charge in [0.25, 0.3) is 0 Å². The summed E-state index contributed by atoms with van der Waals surface area (Å²) in [5.74, 6) is 0.259. The minimum Gasteiger partial charge on any atom is -0.668 e. The zero-order valence-corrected chi connectivity index (χ0v) is 19.7. The summed E-state index contributed by atoms with van der Waals surface area (Å²) in [5, 5.41) is 17.1. The van der Waals surface area contributed by atoms with Crippen LogP contribution < -0.4 is 0 Å². The second-order valence-electron chi connectivity index (χ2n) is 6.41. The summed E-state index contributed by atoms with van der Waals surface area (Å²) in [4.78, 5) is 4.47. The van der Waals surface area contributed by atoms with Crippen molar-refractivity contribution in [3.8, 4) is 5.75 Å². The van der Waals surface area contributed by atoms with Gasteiger partial charge in [0.15, 0.2) is 0 Å². The van der Waals surface area contributed by atoms with E-state index in [-0.39, 0.29) is 27.5 Å². The van der Waals surface area contributed by atoms with Gasteiger partial charge in [-0.2, -0.15) is 28.2 Å². The molecule has 0 spiro atoms. The van der Waals surface area contributed by atoms with Gasteiger partial charge in [-0.3, -0.25) is 4.99 Å². The second-order valence-corrected chi connectivity index (χ2v) is 6.41. The van der Waals surface area contributed by atoms with Crippen LogP contribution in [0.3, 0.4) is 0 Å². The summed E-state index contributed by atoms with van der Waals surface area (Å²) in [6, 6.07) is 8.15. The predicted molar refractivity (Wildman–Crippen MR) is 116 cm³/mol. The molecule has 0 heterocycles. The summed E-state index contributed by atoms with van der Waals surface area (Å²) in [7, 11) is 7.00. The Morgan fingerprint density at radius 3 is 1.56 bits per heavy atom. The predicted octanol–water partition coefficient (Wildman–Crippen LogP) is 5.92. The molecule has 27 heavy (non-hydrogen) atoms. The molecule has 2 aromatic carbocycles. The van der Waals surface area contributed by atoms with E-state index in [0.29, 0.717) is 5.69 Å². The Balaban J connectivity index is 0. The number of aliphatic imine (C=N–C) groups is 1. The SMILES string of the molecule is C[N-]C.C[N-]C.Cc1cc(C)c(C=Nc2cc(C)cc(C)c2O)c(C)c1.[Ti+2]. The summed E-state index contributed by atoms with van der Waals surface area (Å²) < 4.78 is 0.